The number of aromatic amines is 1. The van der Waals surface area contributed by atoms with Gasteiger partial charge in [-0.25, -0.2) is 0 Å². The second kappa shape index (κ2) is 9.39. The molecule has 36 heavy (non-hydrogen) atoms. The van der Waals surface area contributed by atoms with Crippen molar-refractivity contribution in [2.45, 2.75) is 5.92 Å². The third-order valence-corrected chi connectivity index (χ3v) is 6.24. The summed E-state index contributed by atoms with van der Waals surface area (Å²) in [6.45, 7) is 0. The first kappa shape index (κ1) is 22.9. The number of nitriles is 1. The van der Waals surface area contributed by atoms with E-state index in [0.717, 1.165) is 27.9 Å². The van der Waals surface area contributed by atoms with Gasteiger partial charge >= 0.3 is 0 Å². The van der Waals surface area contributed by atoms with Crippen molar-refractivity contribution in [1.29, 1.82) is 5.26 Å². The van der Waals surface area contributed by atoms with Crippen molar-refractivity contribution in [3.8, 4) is 51.6 Å². The van der Waals surface area contributed by atoms with Crippen LogP contribution in [0.1, 0.15) is 17.0 Å². The van der Waals surface area contributed by atoms with Crippen LogP contribution in [0, 0.1) is 11.3 Å². The number of methoxy groups -OCH3 is 3. The summed E-state index contributed by atoms with van der Waals surface area (Å²) in [5.41, 5.74) is 11.7. The van der Waals surface area contributed by atoms with Gasteiger partial charge in [0.15, 0.2) is 11.5 Å². The van der Waals surface area contributed by atoms with E-state index in [2.05, 4.69) is 28.4 Å². The summed E-state index contributed by atoms with van der Waals surface area (Å²) >= 11 is 0. The molecule has 1 aliphatic heterocycles. The fraction of sp³-hybridized carbons (Fsp3) is 0.143. The van der Waals surface area contributed by atoms with Crippen LogP contribution in [0.15, 0.2) is 78.2 Å². The van der Waals surface area contributed by atoms with Gasteiger partial charge in [-0.15, -0.1) is 5.10 Å². The van der Waals surface area contributed by atoms with Crippen LogP contribution in [0.25, 0.3) is 22.4 Å². The molecule has 4 aromatic rings. The Morgan fingerprint density at radius 1 is 0.889 bits per heavy atom. The second-order valence-corrected chi connectivity index (χ2v) is 8.14. The maximum Gasteiger partial charge on any atom is 0.244 e. The van der Waals surface area contributed by atoms with Crippen molar-refractivity contribution >= 4 is 0 Å². The number of nitrogens with one attached hydrogen (secondary N) is 1. The van der Waals surface area contributed by atoms with Gasteiger partial charge in [-0.1, -0.05) is 54.6 Å². The van der Waals surface area contributed by atoms with Crippen molar-refractivity contribution in [2.75, 3.05) is 21.3 Å². The van der Waals surface area contributed by atoms with Crippen LogP contribution in [0.2, 0.25) is 0 Å². The number of hydrogen-bond donors (Lipinski definition) is 2. The molecule has 2 heterocycles. The van der Waals surface area contributed by atoms with Crippen molar-refractivity contribution in [1.82, 2.24) is 10.2 Å². The van der Waals surface area contributed by atoms with Crippen molar-refractivity contribution in [2.24, 2.45) is 5.73 Å². The number of benzene rings is 3. The number of H-pyrrole nitrogens is 1. The van der Waals surface area contributed by atoms with Gasteiger partial charge in [-0.3, -0.25) is 5.10 Å². The molecule has 0 fully saturated rings. The summed E-state index contributed by atoms with van der Waals surface area (Å²) in [6, 6.07) is 24.1. The van der Waals surface area contributed by atoms with Crippen LogP contribution in [0.3, 0.4) is 0 Å². The van der Waals surface area contributed by atoms with Crippen LogP contribution < -0.4 is 24.7 Å². The van der Waals surface area contributed by atoms with E-state index in [4.69, 9.17) is 24.7 Å². The zero-order valence-corrected chi connectivity index (χ0v) is 20.0. The predicted molar refractivity (Wildman–Crippen MR) is 135 cm³/mol. The van der Waals surface area contributed by atoms with Gasteiger partial charge in [0.2, 0.25) is 17.5 Å². The molecule has 8 nitrogen and oxygen atoms in total. The maximum absolute atomic E-state index is 10.0. The van der Waals surface area contributed by atoms with E-state index in [1.165, 1.54) is 0 Å². The largest absolute Gasteiger partial charge is 0.493 e. The van der Waals surface area contributed by atoms with E-state index in [1.54, 1.807) is 33.5 Å². The summed E-state index contributed by atoms with van der Waals surface area (Å²) in [6.07, 6.45) is 0. The molecular weight excluding hydrogens is 456 g/mol. The van der Waals surface area contributed by atoms with E-state index in [1.807, 2.05) is 42.5 Å². The molecule has 3 N–H and O–H groups in total. The van der Waals surface area contributed by atoms with Crippen molar-refractivity contribution in [3.63, 3.8) is 0 Å². The lowest BCUT2D eigenvalue weighted by Crippen LogP contribution is -2.21. The summed E-state index contributed by atoms with van der Waals surface area (Å²) in [4.78, 5) is 0. The minimum atomic E-state index is -0.574. The minimum absolute atomic E-state index is 0.00114. The Hall–Kier alpha value is -4.90. The number of fused-ring (bicyclic) bond motifs is 1. The Bertz CT molecular complexity index is 1460. The molecule has 0 bridgehead atoms. The maximum atomic E-state index is 10.0. The highest BCUT2D eigenvalue weighted by atomic mass is 16.5. The van der Waals surface area contributed by atoms with Crippen LogP contribution in [0.4, 0.5) is 0 Å². The molecule has 8 heteroatoms. The third kappa shape index (κ3) is 3.77. The topological polar surface area (TPSA) is 115 Å². The molecule has 1 unspecified atom stereocenters. The molecule has 5 rings (SSSR count). The highest BCUT2D eigenvalue weighted by Gasteiger charge is 2.36. The van der Waals surface area contributed by atoms with Gasteiger partial charge in [0, 0.05) is 5.56 Å². The first-order chi connectivity index (χ1) is 17.6. The quantitative estimate of drug-likeness (QED) is 0.399. The fourth-order valence-electron chi connectivity index (χ4n) is 4.53. The van der Waals surface area contributed by atoms with Crippen molar-refractivity contribution < 1.29 is 18.9 Å². The molecule has 0 amide bonds. The van der Waals surface area contributed by atoms with E-state index >= 15 is 0 Å². The summed E-state index contributed by atoms with van der Waals surface area (Å²) in [5.74, 6) is 1.13. The molecule has 0 saturated heterocycles. The number of ether oxygens (including phenoxy) is 4. The first-order valence-corrected chi connectivity index (χ1v) is 11.2. The van der Waals surface area contributed by atoms with E-state index in [9.17, 15) is 5.26 Å². The van der Waals surface area contributed by atoms with Gasteiger partial charge in [0.05, 0.1) is 38.5 Å². The molecule has 0 aliphatic carbocycles. The Morgan fingerprint density at radius 2 is 1.50 bits per heavy atom. The first-order valence-electron chi connectivity index (χ1n) is 11.2. The summed E-state index contributed by atoms with van der Waals surface area (Å²) in [5, 5.41) is 17.5. The smallest absolute Gasteiger partial charge is 0.244 e. The highest BCUT2D eigenvalue weighted by Crippen LogP contribution is 2.49. The number of hydrogen-bond acceptors (Lipinski definition) is 7. The molecule has 0 radical (unpaired) electrons. The monoisotopic (exact) mass is 480 g/mol. The number of nitrogens with zero attached hydrogens (tertiary/aromatic N) is 2. The summed E-state index contributed by atoms with van der Waals surface area (Å²) in [7, 11) is 4.63. The summed E-state index contributed by atoms with van der Waals surface area (Å²) < 4.78 is 22.3. The molecule has 1 aromatic heterocycles. The number of nitrogens with two attached hydrogens (primary N) is 1. The molecule has 3 aromatic carbocycles. The van der Waals surface area contributed by atoms with E-state index in [-0.39, 0.29) is 11.5 Å². The minimum Gasteiger partial charge on any atom is -0.493 e. The zero-order chi connectivity index (χ0) is 25.2. The van der Waals surface area contributed by atoms with Gasteiger partial charge in [-0.05, 0) is 28.8 Å². The average molecular weight is 481 g/mol. The molecular formula is C28H24N4O4. The lowest BCUT2D eigenvalue weighted by atomic mass is 9.82. The zero-order valence-electron chi connectivity index (χ0n) is 20.0. The predicted octanol–water partition coefficient (Wildman–Crippen LogP) is 4.99. The molecule has 1 aliphatic rings. The molecule has 1 atom stereocenters. The van der Waals surface area contributed by atoms with Crippen LogP contribution in [-0.4, -0.2) is 31.5 Å². The lowest BCUT2D eigenvalue weighted by molar-refractivity contribution is 0.323. The van der Waals surface area contributed by atoms with Gasteiger partial charge in [0.1, 0.15) is 11.6 Å². The van der Waals surface area contributed by atoms with Crippen molar-refractivity contribution in [3.05, 3.63) is 89.3 Å². The Labute approximate surface area is 208 Å². The third-order valence-electron chi connectivity index (χ3n) is 6.24. The van der Waals surface area contributed by atoms with E-state index < -0.39 is 5.92 Å². The number of aromatic nitrogens is 2. The molecule has 0 saturated carbocycles. The van der Waals surface area contributed by atoms with E-state index in [0.29, 0.717) is 28.7 Å². The number of rotatable bonds is 6. The fourth-order valence-corrected chi connectivity index (χ4v) is 4.53. The average Bonchev–Trinajstić information content (AvgIpc) is 3.35. The second-order valence-electron chi connectivity index (χ2n) is 8.14. The molecule has 180 valence electrons. The molecule has 0 spiro atoms. The van der Waals surface area contributed by atoms with Crippen LogP contribution >= 0.6 is 0 Å². The van der Waals surface area contributed by atoms with Gasteiger partial charge < -0.3 is 24.7 Å². The number of allylic oxidation sites excluding steroid dienone is 1. The SMILES string of the molecule is COc1cc(C2C(C#N)=C(N)Oc3n[nH]c(-c4ccc(-c5ccccc5)cc4)c32)cc(OC)c1OC. The highest BCUT2D eigenvalue weighted by molar-refractivity contribution is 5.74. The Kier molecular flexibility index (Phi) is 5.97. The van der Waals surface area contributed by atoms with Crippen LogP contribution in [-0.2, 0) is 0 Å². The van der Waals surface area contributed by atoms with Crippen LogP contribution in [0.5, 0.6) is 23.1 Å². The Balaban J connectivity index is 1.66. The normalized spacial score (nSPS) is 14.4. The van der Waals surface area contributed by atoms with Gasteiger partial charge in [0.25, 0.3) is 0 Å². The lowest BCUT2D eigenvalue weighted by Gasteiger charge is -2.25. The standard InChI is InChI=1S/C28H24N4O4/c1-33-21-13-19(14-22(34-2)26(21)35-3)23-20(15-29)27(30)36-28-24(23)25(31-32-28)18-11-9-17(10-12-18)16-7-5-4-6-8-16/h4-14,23H,30H2,1-3H3,(H,31,32). The Morgan fingerprint density at radius 3 is 2.08 bits per heavy atom. The van der Waals surface area contributed by atoms with Gasteiger partial charge in [-0.2, -0.15) is 5.26 Å².